The summed E-state index contributed by atoms with van der Waals surface area (Å²) >= 11 is 0. The average Bonchev–Trinajstić information content (AvgIpc) is 2.68. The van der Waals surface area contributed by atoms with Gasteiger partial charge in [-0.15, -0.1) is 0 Å². The summed E-state index contributed by atoms with van der Waals surface area (Å²) in [4.78, 5) is 12.0. The van der Waals surface area contributed by atoms with E-state index in [2.05, 4.69) is 4.72 Å². The first-order valence-corrected chi connectivity index (χ1v) is 10.1. The molecular weight excluding hydrogens is 371 g/mol. The van der Waals surface area contributed by atoms with Gasteiger partial charge in [0.05, 0.1) is 5.41 Å². The molecule has 0 amide bonds. The Morgan fingerprint density at radius 2 is 1.67 bits per heavy atom. The van der Waals surface area contributed by atoms with Gasteiger partial charge in [0, 0.05) is 19.6 Å². The number of nitrogens with one attached hydrogen (secondary N) is 1. The molecule has 0 aromatic heterocycles. The molecule has 1 fully saturated rings. The lowest BCUT2D eigenvalue weighted by molar-refractivity contribution is -0.145. The van der Waals surface area contributed by atoms with Crippen molar-refractivity contribution in [3.8, 4) is 0 Å². The van der Waals surface area contributed by atoms with E-state index in [9.17, 15) is 22.7 Å². The van der Waals surface area contributed by atoms with E-state index in [0.717, 1.165) is 0 Å². The second-order valence-corrected chi connectivity index (χ2v) is 8.36. The first-order valence-electron chi connectivity index (χ1n) is 8.62. The van der Waals surface area contributed by atoms with Crippen LogP contribution in [0, 0.1) is 5.82 Å². The molecule has 0 atom stereocenters. The molecule has 3 rings (SSSR count). The third-order valence-corrected chi connectivity index (χ3v) is 6.58. The molecule has 1 aliphatic rings. The topological polar surface area (TPSA) is 86.7 Å². The molecule has 2 aromatic carbocycles. The Kier molecular flexibility index (Phi) is 5.59. The molecule has 0 radical (unpaired) electrons. The first-order chi connectivity index (χ1) is 12.8. The van der Waals surface area contributed by atoms with E-state index < -0.39 is 21.6 Å². The molecule has 144 valence electrons. The Morgan fingerprint density at radius 3 is 2.22 bits per heavy atom. The summed E-state index contributed by atoms with van der Waals surface area (Å²) in [5.74, 6) is -1.33. The lowest BCUT2D eigenvalue weighted by atomic mass is 9.73. The van der Waals surface area contributed by atoms with Gasteiger partial charge in [0.15, 0.2) is 0 Å². The van der Waals surface area contributed by atoms with E-state index >= 15 is 0 Å². The number of carboxylic acids is 1. The third kappa shape index (κ3) is 4.18. The second kappa shape index (κ2) is 7.75. The number of benzene rings is 2. The summed E-state index contributed by atoms with van der Waals surface area (Å²) in [5.41, 5.74) is 0.250. The molecule has 0 aliphatic carbocycles. The lowest BCUT2D eigenvalue weighted by Gasteiger charge is -2.38. The molecule has 6 nitrogen and oxygen atoms in total. The van der Waals surface area contributed by atoms with Gasteiger partial charge < -0.3 is 5.11 Å². The summed E-state index contributed by atoms with van der Waals surface area (Å²) in [6.45, 7) is 0.266. The highest BCUT2D eigenvalue weighted by atomic mass is 32.2. The van der Waals surface area contributed by atoms with Gasteiger partial charge in [0.25, 0.3) is 10.2 Å². The van der Waals surface area contributed by atoms with Crippen LogP contribution >= 0.6 is 0 Å². The zero-order valence-corrected chi connectivity index (χ0v) is 15.5. The molecule has 0 spiro atoms. The maximum Gasteiger partial charge on any atom is 0.314 e. The number of carbonyl (C=O) groups is 1. The van der Waals surface area contributed by atoms with E-state index in [1.807, 2.05) is 6.07 Å². The number of halogens is 1. The summed E-state index contributed by atoms with van der Waals surface area (Å²) in [6.07, 6.45) is 0.396. The maximum absolute atomic E-state index is 12.9. The van der Waals surface area contributed by atoms with Gasteiger partial charge in [-0.1, -0.05) is 42.5 Å². The van der Waals surface area contributed by atoms with Gasteiger partial charge in [-0.05, 0) is 36.1 Å². The van der Waals surface area contributed by atoms with Crippen molar-refractivity contribution in [3.63, 3.8) is 0 Å². The summed E-state index contributed by atoms with van der Waals surface area (Å²) < 4.78 is 41.8. The average molecular weight is 392 g/mol. The van der Waals surface area contributed by atoms with E-state index in [4.69, 9.17) is 0 Å². The lowest BCUT2D eigenvalue weighted by Crippen LogP contribution is -2.51. The number of piperidine rings is 1. The van der Waals surface area contributed by atoms with Crippen LogP contribution in [0.5, 0.6) is 0 Å². The smallest absolute Gasteiger partial charge is 0.314 e. The third-order valence-electron chi connectivity index (χ3n) is 5.02. The van der Waals surface area contributed by atoms with Crippen molar-refractivity contribution < 1.29 is 22.7 Å². The number of hydrogen-bond acceptors (Lipinski definition) is 3. The molecule has 0 unspecified atom stereocenters. The van der Waals surface area contributed by atoms with Crippen LogP contribution in [0.1, 0.15) is 24.0 Å². The Balaban J connectivity index is 1.68. The molecule has 2 N–H and O–H groups in total. The van der Waals surface area contributed by atoms with Crippen LogP contribution in [0.2, 0.25) is 0 Å². The Bertz CT molecular complexity index is 893. The van der Waals surface area contributed by atoms with E-state index in [0.29, 0.717) is 11.1 Å². The van der Waals surface area contributed by atoms with Crippen LogP contribution < -0.4 is 4.72 Å². The van der Waals surface area contributed by atoms with Gasteiger partial charge >= 0.3 is 5.97 Å². The summed E-state index contributed by atoms with van der Waals surface area (Å²) in [5, 5.41) is 9.79. The van der Waals surface area contributed by atoms with Crippen molar-refractivity contribution in [1.29, 1.82) is 0 Å². The first kappa shape index (κ1) is 19.5. The summed E-state index contributed by atoms with van der Waals surface area (Å²) in [7, 11) is -3.75. The minimum atomic E-state index is -3.75. The fourth-order valence-corrected chi connectivity index (χ4v) is 4.55. The minimum Gasteiger partial charge on any atom is -0.481 e. The van der Waals surface area contributed by atoms with Gasteiger partial charge in [0.1, 0.15) is 5.82 Å². The van der Waals surface area contributed by atoms with Gasteiger partial charge in [-0.25, -0.2) is 4.39 Å². The zero-order valence-electron chi connectivity index (χ0n) is 14.6. The van der Waals surface area contributed by atoms with Crippen molar-refractivity contribution in [2.24, 2.45) is 0 Å². The molecule has 1 aliphatic heterocycles. The van der Waals surface area contributed by atoms with E-state index in [-0.39, 0.29) is 38.3 Å². The predicted molar refractivity (Wildman–Crippen MR) is 98.7 cm³/mol. The molecule has 2 aromatic rings. The fourth-order valence-electron chi connectivity index (χ4n) is 3.36. The molecule has 0 saturated carbocycles. The van der Waals surface area contributed by atoms with Crippen LogP contribution in [0.3, 0.4) is 0 Å². The maximum atomic E-state index is 12.9. The Labute approximate surface area is 157 Å². The zero-order chi connectivity index (χ0) is 19.5. The van der Waals surface area contributed by atoms with Crippen molar-refractivity contribution >= 4 is 16.2 Å². The van der Waals surface area contributed by atoms with Crippen LogP contribution in [-0.4, -0.2) is 36.9 Å². The van der Waals surface area contributed by atoms with Crippen LogP contribution in [0.4, 0.5) is 4.39 Å². The number of nitrogens with zero attached hydrogens (tertiary/aromatic N) is 1. The predicted octanol–water partition coefficient (Wildman–Crippen LogP) is 2.28. The number of carboxylic acid groups (broad SMARTS) is 1. The van der Waals surface area contributed by atoms with Gasteiger partial charge in [0.2, 0.25) is 0 Å². The monoisotopic (exact) mass is 392 g/mol. The van der Waals surface area contributed by atoms with Crippen molar-refractivity contribution in [2.75, 3.05) is 13.1 Å². The van der Waals surface area contributed by atoms with Gasteiger partial charge in [-0.2, -0.15) is 17.4 Å². The molecule has 8 heteroatoms. The highest BCUT2D eigenvalue weighted by Gasteiger charge is 2.45. The Hall–Kier alpha value is -2.29. The van der Waals surface area contributed by atoms with E-state index in [1.54, 1.807) is 24.3 Å². The normalized spacial score (nSPS) is 17.5. The van der Waals surface area contributed by atoms with Crippen LogP contribution in [-0.2, 0) is 27.0 Å². The molecule has 0 bridgehead atoms. The molecular formula is C19H21FN2O4S. The molecule has 1 heterocycles. The molecule has 27 heavy (non-hydrogen) atoms. The van der Waals surface area contributed by atoms with Crippen molar-refractivity contribution in [2.45, 2.75) is 24.8 Å². The van der Waals surface area contributed by atoms with Crippen molar-refractivity contribution in [1.82, 2.24) is 9.03 Å². The quantitative estimate of drug-likeness (QED) is 0.790. The molecule has 1 saturated heterocycles. The van der Waals surface area contributed by atoms with Crippen LogP contribution in [0.25, 0.3) is 0 Å². The highest BCUT2D eigenvalue weighted by Crippen LogP contribution is 2.36. The number of rotatable bonds is 6. The van der Waals surface area contributed by atoms with Crippen LogP contribution in [0.15, 0.2) is 54.6 Å². The SMILES string of the molecule is O=C(O)C1(c2ccccc2)CCN(S(=O)(=O)NCc2ccc(F)cc2)CC1. The fraction of sp³-hybridized carbons (Fsp3) is 0.316. The highest BCUT2D eigenvalue weighted by molar-refractivity contribution is 7.87. The summed E-state index contributed by atoms with van der Waals surface area (Å²) in [6, 6.07) is 14.5. The van der Waals surface area contributed by atoms with Gasteiger partial charge in [-0.3, -0.25) is 4.79 Å². The van der Waals surface area contributed by atoms with Crippen molar-refractivity contribution in [3.05, 3.63) is 71.5 Å². The van der Waals surface area contributed by atoms with E-state index in [1.165, 1.54) is 28.6 Å². The second-order valence-electron chi connectivity index (χ2n) is 6.60. The minimum absolute atomic E-state index is 0.0435. The standard InChI is InChI=1S/C19H21FN2O4S/c20-17-8-6-15(7-9-17)14-21-27(25,26)22-12-10-19(11-13-22,18(23)24)16-4-2-1-3-5-16/h1-9,21H,10-14H2,(H,23,24). The number of hydrogen-bond donors (Lipinski definition) is 2. The Morgan fingerprint density at radius 1 is 1.07 bits per heavy atom. The number of aliphatic carboxylic acids is 1. The largest absolute Gasteiger partial charge is 0.481 e.